The number of likely N-dealkylation sites (tertiary alicyclic amines) is 2. The lowest BCUT2D eigenvalue weighted by Crippen LogP contribution is -2.51. The number of hydrogen-bond donors (Lipinski definition) is 1. The molecule has 0 spiro atoms. The molecule has 1 amide bonds. The van der Waals surface area contributed by atoms with Crippen molar-refractivity contribution in [2.45, 2.75) is 51.2 Å². The highest BCUT2D eigenvalue weighted by Crippen LogP contribution is 2.25. The lowest BCUT2D eigenvalue weighted by molar-refractivity contribution is -0.136. The van der Waals surface area contributed by atoms with Crippen molar-refractivity contribution in [1.82, 2.24) is 19.6 Å². The highest BCUT2D eigenvalue weighted by atomic mass is 16.3. The Morgan fingerprint density at radius 1 is 1.26 bits per heavy atom. The SMILES string of the molecule is Cc1ccn(CCC(=O)N2CCC(O)(CN3CCCC3)CC2)n1. The maximum absolute atomic E-state index is 12.3. The maximum Gasteiger partial charge on any atom is 0.224 e. The predicted octanol–water partition coefficient (Wildman–Crippen LogP) is 1.03. The van der Waals surface area contributed by atoms with Crippen molar-refractivity contribution in [3.05, 3.63) is 18.0 Å². The van der Waals surface area contributed by atoms with Gasteiger partial charge in [0.1, 0.15) is 0 Å². The number of aryl methyl sites for hydroxylation is 2. The van der Waals surface area contributed by atoms with E-state index in [2.05, 4.69) is 10.00 Å². The molecule has 0 radical (unpaired) electrons. The first-order valence-corrected chi connectivity index (χ1v) is 8.77. The van der Waals surface area contributed by atoms with Crippen LogP contribution in [0, 0.1) is 6.92 Å². The lowest BCUT2D eigenvalue weighted by atomic mass is 9.90. The third-order valence-corrected chi connectivity index (χ3v) is 5.09. The number of β-amino-alcohol motifs (C(OH)–C–C–N with tert-alkyl or cyclic N) is 1. The second kappa shape index (κ2) is 7.01. The summed E-state index contributed by atoms with van der Waals surface area (Å²) in [5, 5.41) is 15.1. The topological polar surface area (TPSA) is 61.6 Å². The van der Waals surface area contributed by atoms with Gasteiger partial charge in [0.15, 0.2) is 0 Å². The van der Waals surface area contributed by atoms with Gasteiger partial charge in [-0.3, -0.25) is 9.48 Å². The Hall–Kier alpha value is -1.40. The van der Waals surface area contributed by atoms with Gasteiger partial charge in [-0.15, -0.1) is 0 Å². The quantitative estimate of drug-likeness (QED) is 0.880. The largest absolute Gasteiger partial charge is 0.388 e. The van der Waals surface area contributed by atoms with Crippen molar-refractivity contribution in [3.8, 4) is 0 Å². The van der Waals surface area contributed by atoms with Gasteiger partial charge in [0.2, 0.25) is 5.91 Å². The fraction of sp³-hybridized carbons (Fsp3) is 0.765. The fourth-order valence-corrected chi connectivity index (χ4v) is 3.64. The van der Waals surface area contributed by atoms with Crippen molar-refractivity contribution >= 4 is 5.91 Å². The summed E-state index contributed by atoms with van der Waals surface area (Å²) < 4.78 is 1.82. The average molecular weight is 320 g/mol. The summed E-state index contributed by atoms with van der Waals surface area (Å²) in [6, 6.07) is 1.95. The lowest BCUT2D eigenvalue weighted by Gasteiger charge is -2.40. The van der Waals surface area contributed by atoms with Crippen LogP contribution >= 0.6 is 0 Å². The van der Waals surface area contributed by atoms with Crippen LogP contribution < -0.4 is 0 Å². The number of aliphatic hydroxyl groups is 1. The van der Waals surface area contributed by atoms with Crippen molar-refractivity contribution in [3.63, 3.8) is 0 Å². The van der Waals surface area contributed by atoms with E-state index >= 15 is 0 Å². The van der Waals surface area contributed by atoms with E-state index in [4.69, 9.17) is 0 Å². The van der Waals surface area contributed by atoms with E-state index < -0.39 is 5.60 Å². The van der Waals surface area contributed by atoms with E-state index in [0.717, 1.165) is 25.3 Å². The van der Waals surface area contributed by atoms with Gasteiger partial charge in [0.25, 0.3) is 0 Å². The number of piperidine rings is 1. The van der Waals surface area contributed by atoms with Gasteiger partial charge < -0.3 is 14.9 Å². The first-order valence-electron chi connectivity index (χ1n) is 8.77. The molecule has 3 rings (SSSR count). The Morgan fingerprint density at radius 3 is 2.57 bits per heavy atom. The van der Waals surface area contributed by atoms with E-state index in [1.807, 2.05) is 28.8 Å². The molecule has 128 valence electrons. The van der Waals surface area contributed by atoms with Crippen LogP contribution in [-0.2, 0) is 11.3 Å². The molecule has 2 fully saturated rings. The molecule has 0 aliphatic carbocycles. The Bertz CT molecular complexity index is 528. The molecule has 0 bridgehead atoms. The van der Waals surface area contributed by atoms with E-state index in [1.54, 1.807) is 0 Å². The zero-order valence-electron chi connectivity index (χ0n) is 14.1. The highest BCUT2D eigenvalue weighted by Gasteiger charge is 2.35. The molecule has 0 aromatic carbocycles. The molecule has 0 atom stereocenters. The molecule has 1 aromatic rings. The second-order valence-electron chi connectivity index (χ2n) is 7.06. The van der Waals surface area contributed by atoms with Crippen LogP contribution in [0.25, 0.3) is 0 Å². The van der Waals surface area contributed by atoms with Crippen LogP contribution in [-0.4, -0.2) is 68.9 Å². The van der Waals surface area contributed by atoms with Crippen LogP contribution in [0.5, 0.6) is 0 Å². The minimum atomic E-state index is -0.611. The van der Waals surface area contributed by atoms with Crippen molar-refractivity contribution in [2.24, 2.45) is 0 Å². The normalized spacial score (nSPS) is 21.7. The smallest absolute Gasteiger partial charge is 0.224 e. The Balaban J connectivity index is 1.43. The molecule has 0 unspecified atom stereocenters. The van der Waals surface area contributed by atoms with E-state index in [-0.39, 0.29) is 5.91 Å². The van der Waals surface area contributed by atoms with Crippen LogP contribution in [0.15, 0.2) is 12.3 Å². The standard InChI is InChI=1S/C17H28N4O2/c1-15-4-10-21(18-15)11-5-16(22)20-12-6-17(23,7-13-20)14-19-8-2-3-9-19/h4,10,23H,2-3,5-9,11-14H2,1H3. The van der Waals surface area contributed by atoms with E-state index in [0.29, 0.717) is 38.9 Å². The van der Waals surface area contributed by atoms with E-state index in [1.165, 1.54) is 12.8 Å². The van der Waals surface area contributed by atoms with Gasteiger partial charge in [-0.05, 0) is 51.8 Å². The Labute approximate surface area is 138 Å². The first kappa shape index (κ1) is 16.5. The zero-order chi connectivity index (χ0) is 16.3. The first-order chi connectivity index (χ1) is 11.0. The average Bonchev–Trinajstić information content (AvgIpc) is 3.17. The fourth-order valence-electron chi connectivity index (χ4n) is 3.64. The number of amides is 1. The molecule has 3 heterocycles. The summed E-state index contributed by atoms with van der Waals surface area (Å²) in [4.78, 5) is 16.6. The summed E-state index contributed by atoms with van der Waals surface area (Å²) in [5.41, 5.74) is 0.364. The number of carbonyl (C=O) groups excluding carboxylic acids is 1. The molecule has 0 saturated carbocycles. The number of hydrogen-bond acceptors (Lipinski definition) is 4. The van der Waals surface area contributed by atoms with Crippen LogP contribution in [0.1, 0.15) is 37.8 Å². The van der Waals surface area contributed by atoms with Crippen molar-refractivity contribution in [1.29, 1.82) is 0 Å². The minimum absolute atomic E-state index is 0.168. The summed E-state index contributed by atoms with van der Waals surface area (Å²) in [5.74, 6) is 0.168. The van der Waals surface area contributed by atoms with Gasteiger partial charge >= 0.3 is 0 Å². The molecule has 2 aliphatic rings. The number of rotatable bonds is 5. The molecular weight excluding hydrogens is 292 g/mol. The third kappa shape index (κ3) is 4.32. The summed E-state index contributed by atoms with van der Waals surface area (Å²) in [7, 11) is 0. The third-order valence-electron chi connectivity index (χ3n) is 5.09. The van der Waals surface area contributed by atoms with Gasteiger partial charge in [0, 0.05) is 38.8 Å². The molecule has 1 N–H and O–H groups in total. The van der Waals surface area contributed by atoms with Gasteiger partial charge in [0.05, 0.1) is 11.3 Å². The van der Waals surface area contributed by atoms with Crippen LogP contribution in [0.2, 0.25) is 0 Å². The van der Waals surface area contributed by atoms with E-state index in [9.17, 15) is 9.90 Å². The summed E-state index contributed by atoms with van der Waals surface area (Å²) in [6.45, 7) is 6.89. The molecule has 2 saturated heterocycles. The van der Waals surface area contributed by atoms with Gasteiger partial charge in [-0.2, -0.15) is 5.10 Å². The minimum Gasteiger partial charge on any atom is -0.388 e. The van der Waals surface area contributed by atoms with Crippen molar-refractivity contribution in [2.75, 3.05) is 32.7 Å². The number of carbonyl (C=O) groups is 1. The molecule has 6 nitrogen and oxygen atoms in total. The predicted molar refractivity (Wildman–Crippen MR) is 88.0 cm³/mol. The summed E-state index contributed by atoms with van der Waals surface area (Å²) >= 11 is 0. The second-order valence-corrected chi connectivity index (χ2v) is 7.06. The number of nitrogens with zero attached hydrogens (tertiary/aromatic N) is 4. The monoisotopic (exact) mass is 320 g/mol. The molecule has 2 aliphatic heterocycles. The molecule has 23 heavy (non-hydrogen) atoms. The van der Waals surface area contributed by atoms with Crippen LogP contribution in [0.3, 0.4) is 0 Å². The Kier molecular flexibility index (Phi) is 5.02. The number of aromatic nitrogens is 2. The van der Waals surface area contributed by atoms with Gasteiger partial charge in [-0.25, -0.2) is 0 Å². The van der Waals surface area contributed by atoms with Gasteiger partial charge in [-0.1, -0.05) is 0 Å². The summed E-state index contributed by atoms with van der Waals surface area (Å²) in [6.07, 6.45) is 6.26. The zero-order valence-corrected chi connectivity index (χ0v) is 14.1. The maximum atomic E-state index is 12.3. The Morgan fingerprint density at radius 2 is 1.96 bits per heavy atom. The van der Waals surface area contributed by atoms with Crippen LogP contribution in [0.4, 0.5) is 0 Å². The highest BCUT2D eigenvalue weighted by molar-refractivity contribution is 5.76. The molecule has 1 aromatic heterocycles. The molecular formula is C17H28N4O2. The molecule has 6 heteroatoms. The van der Waals surface area contributed by atoms with Crippen molar-refractivity contribution < 1.29 is 9.90 Å².